The molecule has 0 aliphatic carbocycles. The van der Waals surface area contributed by atoms with E-state index in [9.17, 15) is 10.2 Å². The molecule has 1 heterocycles. The van der Waals surface area contributed by atoms with Gasteiger partial charge in [0.1, 0.15) is 11.5 Å². The van der Waals surface area contributed by atoms with Crippen molar-refractivity contribution in [2.45, 2.75) is 12.5 Å². The molecule has 0 saturated carbocycles. The van der Waals surface area contributed by atoms with Crippen molar-refractivity contribution >= 4 is 55.5 Å². The van der Waals surface area contributed by atoms with Crippen LogP contribution >= 0.6 is 0 Å². The molecule has 2 N–H and O–H groups in total. The third-order valence-corrected chi connectivity index (χ3v) is 12.8. The molecule has 320 valence electrons. The van der Waals surface area contributed by atoms with Crippen molar-refractivity contribution in [3.05, 3.63) is 235 Å². The molecule has 5 nitrogen and oxygen atoms in total. The molecule has 0 saturated heterocycles. The molecule has 11 rings (SSSR count). The molecule has 0 radical (unpaired) electrons. The van der Waals surface area contributed by atoms with Gasteiger partial charge >= 0.3 is 0 Å². The summed E-state index contributed by atoms with van der Waals surface area (Å²) in [5.41, 5.74) is 9.78. The predicted molar refractivity (Wildman–Crippen MR) is 280 cm³/mol. The first-order chi connectivity index (χ1) is 33.1. The Morgan fingerprint density at radius 3 is 1.34 bits per heavy atom. The van der Waals surface area contributed by atoms with Crippen LogP contribution in [0.5, 0.6) is 11.5 Å². The number of fused-ring (bicyclic) bond motifs is 4. The predicted octanol–water partition coefficient (Wildman–Crippen LogP) is 14.9. The van der Waals surface area contributed by atoms with Gasteiger partial charge in [-0.1, -0.05) is 188 Å². The summed E-state index contributed by atoms with van der Waals surface area (Å²) in [4.78, 5) is 14.9. The molecule has 1 aromatic heterocycles. The largest absolute Gasteiger partial charge is 0.507 e. The first kappa shape index (κ1) is 41.1. The quantitative estimate of drug-likeness (QED) is 0.127. The number of hydrogen-bond donors (Lipinski definition) is 2. The van der Waals surface area contributed by atoms with Gasteiger partial charge in [-0.15, -0.1) is 0 Å². The maximum absolute atomic E-state index is 12.5. The Bertz CT molecular complexity index is 3660. The Hall–Kier alpha value is -8.67. The zero-order chi connectivity index (χ0) is 45.1. The summed E-state index contributed by atoms with van der Waals surface area (Å²) in [6, 6.07) is 72.0. The Balaban J connectivity index is 1.01. The van der Waals surface area contributed by atoms with E-state index >= 15 is 0 Å². The van der Waals surface area contributed by atoms with Gasteiger partial charge in [-0.3, -0.25) is 15.0 Å². The highest BCUT2D eigenvalue weighted by Crippen LogP contribution is 2.48. The maximum Gasteiger partial charge on any atom is 0.132 e. The molecule has 67 heavy (non-hydrogen) atoms. The van der Waals surface area contributed by atoms with Crippen LogP contribution in [0.3, 0.4) is 0 Å². The Morgan fingerprint density at radius 2 is 0.851 bits per heavy atom. The van der Waals surface area contributed by atoms with E-state index in [1.165, 1.54) is 0 Å². The fraction of sp³-hybridized carbons (Fsp3) is 0.0484. The van der Waals surface area contributed by atoms with Crippen molar-refractivity contribution in [2.75, 3.05) is 6.54 Å². The summed E-state index contributed by atoms with van der Waals surface area (Å²) in [7, 11) is 0. The first-order valence-corrected chi connectivity index (χ1v) is 22.7. The van der Waals surface area contributed by atoms with Gasteiger partial charge in [-0.05, 0) is 89.6 Å². The topological polar surface area (TPSA) is 78.1 Å². The minimum absolute atomic E-state index is 0.160. The molecule has 5 heteroatoms. The lowest BCUT2D eigenvalue weighted by atomic mass is 9.86. The number of aliphatic imine (C=N–C) groups is 2. The number of aromatic hydroxyl groups is 2. The molecule has 0 unspecified atom stereocenters. The molecule has 11 aromatic rings. The van der Waals surface area contributed by atoms with Crippen LogP contribution in [0, 0.1) is 0 Å². The number of pyridine rings is 1. The Labute approximate surface area is 389 Å². The number of hydrogen-bond acceptors (Lipinski definition) is 5. The fourth-order valence-electron chi connectivity index (χ4n) is 9.60. The lowest BCUT2D eigenvalue weighted by molar-refractivity contribution is 0.476. The normalized spacial score (nSPS) is 12.2. The second-order valence-electron chi connectivity index (χ2n) is 16.9. The number of phenols is 2. The van der Waals surface area contributed by atoms with E-state index in [-0.39, 0.29) is 17.5 Å². The zero-order valence-corrected chi connectivity index (χ0v) is 36.7. The van der Waals surface area contributed by atoms with E-state index in [1.54, 1.807) is 18.6 Å². The van der Waals surface area contributed by atoms with Gasteiger partial charge in [0.15, 0.2) is 0 Å². The van der Waals surface area contributed by atoms with Crippen molar-refractivity contribution in [1.82, 2.24) is 4.98 Å². The van der Waals surface area contributed by atoms with Crippen molar-refractivity contribution < 1.29 is 10.2 Å². The molecular weight excluding hydrogens is 819 g/mol. The van der Waals surface area contributed by atoms with Crippen LogP contribution in [0.2, 0.25) is 0 Å². The van der Waals surface area contributed by atoms with Gasteiger partial charge < -0.3 is 10.2 Å². The number of phenolic OH excluding ortho intramolecular Hbond substituents is 2. The van der Waals surface area contributed by atoms with Crippen LogP contribution in [0.4, 0.5) is 0 Å². The minimum atomic E-state index is -0.345. The zero-order valence-electron chi connectivity index (χ0n) is 36.7. The average Bonchev–Trinajstić information content (AvgIpc) is 3.38. The summed E-state index contributed by atoms with van der Waals surface area (Å²) in [5.74, 6) is 0.325. The lowest BCUT2D eigenvalue weighted by Gasteiger charge is -2.19. The van der Waals surface area contributed by atoms with E-state index in [0.29, 0.717) is 24.1 Å². The summed E-state index contributed by atoms with van der Waals surface area (Å²) < 4.78 is 0. The van der Waals surface area contributed by atoms with Gasteiger partial charge in [0, 0.05) is 64.1 Å². The van der Waals surface area contributed by atoms with Gasteiger partial charge in [-0.2, -0.15) is 0 Å². The maximum atomic E-state index is 12.5. The lowest BCUT2D eigenvalue weighted by Crippen LogP contribution is -2.14. The minimum Gasteiger partial charge on any atom is -0.507 e. The van der Waals surface area contributed by atoms with Crippen LogP contribution in [0.15, 0.2) is 229 Å². The summed E-state index contributed by atoms with van der Waals surface area (Å²) in [5, 5.41) is 33.2. The number of aromatic nitrogens is 1. The summed E-state index contributed by atoms with van der Waals surface area (Å²) in [6.07, 6.45) is 5.87. The fourth-order valence-corrected chi connectivity index (χ4v) is 9.60. The molecular formula is C62H45N3O2. The van der Waals surface area contributed by atoms with E-state index in [2.05, 4.69) is 114 Å². The molecule has 0 bridgehead atoms. The van der Waals surface area contributed by atoms with Gasteiger partial charge in [0.05, 0.1) is 12.6 Å². The molecule has 10 aromatic carbocycles. The number of rotatable bonds is 11. The van der Waals surface area contributed by atoms with Gasteiger partial charge in [0.25, 0.3) is 0 Å². The molecule has 0 aliphatic rings. The van der Waals surface area contributed by atoms with Crippen molar-refractivity contribution in [3.63, 3.8) is 0 Å². The highest BCUT2D eigenvalue weighted by Gasteiger charge is 2.22. The summed E-state index contributed by atoms with van der Waals surface area (Å²) >= 11 is 0. The van der Waals surface area contributed by atoms with Crippen LogP contribution < -0.4 is 0 Å². The monoisotopic (exact) mass is 863 g/mol. The molecule has 0 spiro atoms. The second-order valence-corrected chi connectivity index (χ2v) is 16.9. The van der Waals surface area contributed by atoms with Crippen LogP contribution in [-0.2, 0) is 6.42 Å². The molecule has 0 aliphatic heterocycles. The van der Waals surface area contributed by atoms with Crippen LogP contribution in [0.1, 0.15) is 16.8 Å². The molecule has 0 amide bonds. The standard InChI is InChI=1S/C62H45N3O2/c66-61-47(35-45-23-9-13-28-53(45)59(61)57-51-26-11-7-21-43(51)30-32-55(57)41-17-3-1-4-18-41)38-63-40-50(37-49-25-15-16-34-64-49)65-39-48-36-46-24-10-14-29-54(46)60(62(48)67)58-52-27-12-8-22-44(52)31-33-56(58)42-19-5-2-6-20-42/h1-36,38-39,50,66-67H,37,40H2/t50-/m0/s1. The van der Waals surface area contributed by atoms with Gasteiger partial charge in [0.2, 0.25) is 0 Å². The van der Waals surface area contributed by atoms with Crippen molar-refractivity contribution in [2.24, 2.45) is 9.98 Å². The second kappa shape index (κ2) is 18.1. The number of nitrogens with zero attached hydrogens (tertiary/aromatic N) is 3. The third kappa shape index (κ3) is 7.98. The van der Waals surface area contributed by atoms with Crippen LogP contribution in [-0.4, -0.2) is 40.2 Å². The van der Waals surface area contributed by atoms with Crippen LogP contribution in [0.25, 0.3) is 87.6 Å². The average molecular weight is 864 g/mol. The molecule has 0 fully saturated rings. The number of benzene rings is 10. The van der Waals surface area contributed by atoms with E-state index < -0.39 is 0 Å². The SMILES string of the molecule is Oc1c(C=NC[C@H](Cc2ccccn2)N=Cc2cc3ccccc3c(-c3c(-c4ccccc4)ccc4ccccc34)c2O)cc2ccccc2c1-c1c(-c2ccccc2)ccc2ccccc12. The van der Waals surface area contributed by atoms with Crippen molar-refractivity contribution in [1.29, 1.82) is 0 Å². The Morgan fingerprint density at radius 1 is 0.418 bits per heavy atom. The summed E-state index contributed by atoms with van der Waals surface area (Å²) in [6.45, 7) is 0.306. The third-order valence-electron chi connectivity index (χ3n) is 12.8. The highest BCUT2D eigenvalue weighted by molar-refractivity contribution is 6.16. The van der Waals surface area contributed by atoms with E-state index in [0.717, 1.165) is 93.3 Å². The van der Waals surface area contributed by atoms with Gasteiger partial charge in [-0.25, -0.2) is 0 Å². The Kier molecular flexibility index (Phi) is 11.1. The van der Waals surface area contributed by atoms with E-state index in [1.807, 2.05) is 103 Å². The smallest absolute Gasteiger partial charge is 0.132 e. The van der Waals surface area contributed by atoms with Crippen molar-refractivity contribution in [3.8, 4) is 56.0 Å². The molecule has 1 atom stereocenters. The first-order valence-electron chi connectivity index (χ1n) is 22.7. The highest BCUT2D eigenvalue weighted by atomic mass is 16.3. The van der Waals surface area contributed by atoms with E-state index in [4.69, 9.17) is 9.98 Å².